The second-order valence-electron chi connectivity index (χ2n) is 15.7. The number of fused-ring (bicyclic) bond motifs is 4. The number of aromatic nitrogens is 2. The number of para-hydroxylation sites is 1. The van der Waals surface area contributed by atoms with Crippen molar-refractivity contribution < 1.29 is 29.6 Å². The molecule has 0 saturated carbocycles. The molecule has 2 aliphatic rings. The molecule has 1 radical (unpaired) electrons. The van der Waals surface area contributed by atoms with Crippen molar-refractivity contribution in [3.05, 3.63) is 185 Å². The van der Waals surface area contributed by atoms with Gasteiger partial charge in [-0.05, 0) is 121 Å². The predicted molar refractivity (Wildman–Crippen MR) is 239 cm³/mol. The minimum Gasteiger partial charge on any atom is -0.503 e. The van der Waals surface area contributed by atoms with Crippen LogP contribution in [0.4, 0.5) is 0 Å². The first kappa shape index (κ1) is 39.7. The third-order valence-electron chi connectivity index (χ3n) is 11.3. The summed E-state index contributed by atoms with van der Waals surface area (Å²) in [5.41, 5.74) is 20.7. The second kappa shape index (κ2) is 16.3. The van der Waals surface area contributed by atoms with Crippen molar-refractivity contribution in [1.82, 2.24) is 9.97 Å². The van der Waals surface area contributed by atoms with E-state index in [-0.39, 0.29) is 26.8 Å². The zero-order chi connectivity index (χ0) is 40.1. The molecule has 6 heteroatoms. The molecule has 0 bridgehead atoms. The number of hydrogen-bond acceptors (Lipinski definition) is 4. The zero-order valence-electron chi connectivity index (χ0n) is 34.3. The molecule has 8 aromatic rings. The summed E-state index contributed by atoms with van der Waals surface area (Å²) >= 11 is 0. The molecule has 0 atom stereocenters. The van der Waals surface area contributed by atoms with Crippen molar-refractivity contribution in [1.29, 1.82) is 0 Å². The first-order valence-electron chi connectivity index (χ1n) is 19.8. The molecular formula is C53H43BIrN2O2-2. The number of aryl methyl sites for hydroxylation is 7. The standard InChI is InChI=1S/C32H23BNO2.C21H20N.Ir/c1-19-14-15-22(20(2)16-19)24-17-27(34-18-21(24)3)23-8-6-10-26-32(23)36-30-13-7-12-29-31(30)33(26)25-9-4-5-11-28(25)35-29;1-14-5-8-18(9-6-14)21-12-20(17(4)13-22-21)19-10-7-15(2)11-16(19)3;/h4-7,9-18H,1-3H3;5-8,10-13H,1-4H3;/q2*-1;. The third-order valence-corrected chi connectivity index (χ3v) is 11.3. The fourth-order valence-corrected chi connectivity index (χ4v) is 8.34. The van der Waals surface area contributed by atoms with Crippen LogP contribution in [0.25, 0.3) is 44.8 Å². The van der Waals surface area contributed by atoms with Gasteiger partial charge >= 0.3 is 0 Å². The Kier molecular flexibility index (Phi) is 11.0. The van der Waals surface area contributed by atoms with Crippen molar-refractivity contribution >= 4 is 23.1 Å². The summed E-state index contributed by atoms with van der Waals surface area (Å²) in [5.74, 6) is 3.37. The summed E-state index contributed by atoms with van der Waals surface area (Å²) in [6, 6.07) is 48.9. The molecule has 0 unspecified atom stereocenters. The van der Waals surface area contributed by atoms with Gasteiger partial charge in [-0.2, -0.15) is 0 Å². The summed E-state index contributed by atoms with van der Waals surface area (Å²) in [4.78, 5) is 9.42. The van der Waals surface area contributed by atoms with Crippen LogP contribution in [0.5, 0.6) is 23.0 Å². The van der Waals surface area contributed by atoms with Gasteiger partial charge in [0.05, 0.1) is 0 Å². The van der Waals surface area contributed by atoms with Gasteiger partial charge in [-0.1, -0.05) is 96.4 Å². The summed E-state index contributed by atoms with van der Waals surface area (Å²) in [7, 11) is 0. The SMILES string of the molecule is Cc1c[c-]c(-c2cc(-c3ccc(C)cc3C)c(C)cn2)cc1.Cc1ccc(-c2cc(-c3[c-]ccc4c3Oc3cccc5c3B4c3ccccc3O5)ncc2C)c(C)c1.[Ir]. The molecule has 2 aliphatic heterocycles. The Hall–Kier alpha value is -6.07. The Labute approximate surface area is 361 Å². The van der Waals surface area contributed by atoms with E-state index < -0.39 is 0 Å². The van der Waals surface area contributed by atoms with Gasteiger partial charge in [0.2, 0.25) is 6.71 Å². The zero-order valence-corrected chi connectivity index (χ0v) is 36.7. The first-order valence-corrected chi connectivity index (χ1v) is 19.8. The Morgan fingerprint density at radius 1 is 0.492 bits per heavy atom. The molecule has 0 saturated heterocycles. The summed E-state index contributed by atoms with van der Waals surface area (Å²) in [6.45, 7) is 14.9. The third kappa shape index (κ3) is 7.55. The normalized spacial score (nSPS) is 11.7. The van der Waals surface area contributed by atoms with Crippen molar-refractivity contribution in [2.75, 3.05) is 0 Å². The van der Waals surface area contributed by atoms with E-state index in [2.05, 4.69) is 144 Å². The number of nitrogens with zero attached hydrogens (tertiary/aromatic N) is 2. The topological polar surface area (TPSA) is 44.2 Å². The van der Waals surface area contributed by atoms with Gasteiger partial charge in [0.15, 0.2) is 0 Å². The number of rotatable bonds is 4. The maximum absolute atomic E-state index is 6.59. The van der Waals surface area contributed by atoms with E-state index in [9.17, 15) is 0 Å². The molecule has 0 amide bonds. The van der Waals surface area contributed by atoms with Gasteiger partial charge in [0.25, 0.3) is 0 Å². The minimum absolute atomic E-state index is 0. The number of pyridine rings is 2. The van der Waals surface area contributed by atoms with Crippen LogP contribution in [-0.4, -0.2) is 16.7 Å². The van der Waals surface area contributed by atoms with Gasteiger partial charge in [-0.25, -0.2) is 0 Å². The summed E-state index contributed by atoms with van der Waals surface area (Å²) in [5, 5.41) is 0. The monoisotopic (exact) mass is 943 g/mol. The van der Waals surface area contributed by atoms with Crippen LogP contribution < -0.4 is 25.9 Å². The molecule has 0 fully saturated rings. The van der Waals surface area contributed by atoms with Gasteiger partial charge in [-0.3, -0.25) is 0 Å². The molecule has 4 nitrogen and oxygen atoms in total. The Morgan fingerprint density at radius 3 is 1.73 bits per heavy atom. The van der Waals surface area contributed by atoms with Crippen LogP contribution in [0.15, 0.2) is 134 Å². The van der Waals surface area contributed by atoms with E-state index >= 15 is 0 Å². The molecule has 10 rings (SSSR count). The van der Waals surface area contributed by atoms with Crippen LogP contribution in [0.3, 0.4) is 0 Å². The van der Waals surface area contributed by atoms with Crippen LogP contribution in [0, 0.1) is 60.6 Å². The Bertz CT molecular complexity index is 2890. The molecule has 2 aromatic heterocycles. The van der Waals surface area contributed by atoms with Gasteiger partial charge in [-0.15, -0.1) is 59.1 Å². The molecule has 0 N–H and O–H groups in total. The summed E-state index contributed by atoms with van der Waals surface area (Å²) in [6.07, 6.45) is 3.91. The molecule has 6 aromatic carbocycles. The van der Waals surface area contributed by atoms with Crippen LogP contribution in [-0.2, 0) is 20.1 Å². The van der Waals surface area contributed by atoms with Gasteiger partial charge in [0.1, 0.15) is 17.2 Å². The molecular weight excluding hydrogens is 900 g/mol. The van der Waals surface area contributed by atoms with E-state index in [1.165, 1.54) is 55.6 Å². The number of hydrogen-bond donors (Lipinski definition) is 0. The minimum atomic E-state index is 0. The van der Waals surface area contributed by atoms with Crippen LogP contribution >= 0.6 is 0 Å². The van der Waals surface area contributed by atoms with Crippen LogP contribution in [0.1, 0.15) is 38.9 Å². The maximum Gasteiger partial charge on any atom is 0.241 e. The number of ether oxygens (including phenoxy) is 2. The van der Waals surface area contributed by atoms with Gasteiger partial charge < -0.3 is 19.4 Å². The fourth-order valence-electron chi connectivity index (χ4n) is 8.34. The molecule has 4 heterocycles. The van der Waals surface area contributed by atoms with Gasteiger partial charge in [0, 0.05) is 43.7 Å². The quantitative estimate of drug-likeness (QED) is 0.130. The van der Waals surface area contributed by atoms with Crippen molar-refractivity contribution in [3.8, 4) is 67.8 Å². The van der Waals surface area contributed by atoms with E-state index in [1.54, 1.807) is 0 Å². The average Bonchev–Trinajstić information content (AvgIpc) is 3.22. The Morgan fingerprint density at radius 2 is 1.08 bits per heavy atom. The molecule has 0 aliphatic carbocycles. The number of benzene rings is 6. The van der Waals surface area contributed by atoms with E-state index in [1.807, 2.05) is 54.9 Å². The predicted octanol–water partition coefficient (Wildman–Crippen LogP) is 11.3. The fraction of sp³-hybridized carbons (Fsp3) is 0.132. The Balaban J connectivity index is 0.000000181. The smallest absolute Gasteiger partial charge is 0.241 e. The average molecular weight is 943 g/mol. The van der Waals surface area contributed by atoms with Crippen molar-refractivity contribution in [2.24, 2.45) is 0 Å². The largest absolute Gasteiger partial charge is 0.503 e. The van der Waals surface area contributed by atoms with Crippen molar-refractivity contribution in [2.45, 2.75) is 48.5 Å². The molecule has 59 heavy (non-hydrogen) atoms. The van der Waals surface area contributed by atoms with E-state index in [0.29, 0.717) is 0 Å². The second-order valence-corrected chi connectivity index (χ2v) is 15.7. The maximum atomic E-state index is 6.59. The molecule has 0 spiro atoms. The van der Waals surface area contributed by atoms with Crippen molar-refractivity contribution in [3.63, 3.8) is 0 Å². The van der Waals surface area contributed by atoms with E-state index in [0.717, 1.165) is 67.5 Å². The first-order chi connectivity index (χ1) is 28.1. The van der Waals surface area contributed by atoms with Crippen LogP contribution in [0.2, 0.25) is 0 Å². The van der Waals surface area contributed by atoms with E-state index in [4.69, 9.17) is 14.5 Å². The molecule has 291 valence electrons. The summed E-state index contributed by atoms with van der Waals surface area (Å²) < 4.78 is 12.8.